The molecule has 236 valence electrons. The molecular formula is C33H40ClN3O5S2. The number of benzene rings is 3. The van der Waals surface area contributed by atoms with E-state index in [1.54, 1.807) is 67.6 Å². The van der Waals surface area contributed by atoms with Crippen molar-refractivity contribution in [1.82, 2.24) is 10.2 Å². The standard InChI is InChI=1S/C33H40ClN3O5S2/c1-4-42-31-13-9-8-12-30(31)37(44(40,41)29-20-18-28(43-3)19-21-29)23-32(38)36(22-25-14-16-26(34)17-15-25)24(2)33(39)35-27-10-6-5-7-11-27/h8-9,12-21,24,27H,4-7,10-11,22-23H2,1-3H3,(H,35,39). The Balaban J connectivity index is 1.71. The highest BCUT2D eigenvalue weighted by atomic mass is 35.5. The largest absolute Gasteiger partial charge is 0.492 e. The Kier molecular flexibility index (Phi) is 12.0. The minimum atomic E-state index is -4.22. The van der Waals surface area contributed by atoms with E-state index in [4.69, 9.17) is 16.3 Å². The molecule has 1 atom stereocenters. The summed E-state index contributed by atoms with van der Waals surface area (Å²) in [6.45, 7) is 3.36. The van der Waals surface area contributed by atoms with Crippen LogP contribution in [0, 0.1) is 0 Å². The van der Waals surface area contributed by atoms with Crippen molar-refractivity contribution in [1.29, 1.82) is 0 Å². The molecule has 1 aliphatic rings. The van der Waals surface area contributed by atoms with Crippen LogP contribution in [0.1, 0.15) is 51.5 Å². The quantitative estimate of drug-likeness (QED) is 0.210. The zero-order valence-electron chi connectivity index (χ0n) is 25.4. The van der Waals surface area contributed by atoms with E-state index < -0.39 is 28.5 Å². The maximum atomic E-state index is 14.3. The van der Waals surface area contributed by atoms with Gasteiger partial charge in [-0.25, -0.2) is 8.42 Å². The zero-order valence-corrected chi connectivity index (χ0v) is 27.8. The van der Waals surface area contributed by atoms with E-state index in [-0.39, 0.29) is 29.1 Å². The average Bonchev–Trinajstić information content (AvgIpc) is 3.04. The number of hydrogen-bond donors (Lipinski definition) is 1. The van der Waals surface area contributed by atoms with Crippen LogP contribution in [0.3, 0.4) is 0 Å². The van der Waals surface area contributed by atoms with Gasteiger partial charge in [-0.05, 0) is 87.0 Å². The molecule has 2 amide bonds. The van der Waals surface area contributed by atoms with Gasteiger partial charge in [0.25, 0.3) is 10.0 Å². The van der Waals surface area contributed by atoms with E-state index in [0.717, 1.165) is 46.9 Å². The summed E-state index contributed by atoms with van der Waals surface area (Å²) in [7, 11) is -4.22. The van der Waals surface area contributed by atoms with Gasteiger partial charge in [-0.1, -0.05) is 55.1 Å². The summed E-state index contributed by atoms with van der Waals surface area (Å²) in [6, 6.07) is 19.5. The van der Waals surface area contributed by atoms with Gasteiger partial charge in [0.05, 0.1) is 17.2 Å². The van der Waals surface area contributed by atoms with Gasteiger partial charge in [-0.2, -0.15) is 0 Å². The first kappa shape index (κ1) is 33.7. The summed E-state index contributed by atoms with van der Waals surface area (Å²) in [5.74, 6) is -0.461. The highest BCUT2D eigenvalue weighted by Crippen LogP contribution is 2.33. The molecular weight excluding hydrogens is 618 g/mol. The molecule has 4 rings (SSSR count). The molecule has 0 heterocycles. The molecule has 1 fully saturated rings. The van der Waals surface area contributed by atoms with Gasteiger partial charge in [-0.3, -0.25) is 13.9 Å². The highest BCUT2D eigenvalue weighted by Gasteiger charge is 2.34. The van der Waals surface area contributed by atoms with Crippen LogP contribution in [0.25, 0.3) is 0 Å². The number of anilines is 1. The number of carbonyl (C=O) groups is 2. The third kappa shape index (κ3) is 8.49. The Morgan fingerprint density at radius 1 is 1.00 bits per heavy atom. The maximum absolute atomic E-state index is 14.3. The number of halogens is 1. The second kappa shape index (κ2) is 15.7. The number of rotatable bonds is 13. The van der Waals surface area contributed by atoms with E-state index in [1.807, 2.05) is 13.2 Å². The van der Waals surface area contributed by atoms with Crippen molar-refractivity contribution in [3.05, 3.63) is 83.4 Å². The van der Waals surface area contributed by atoms with Crippen LogP contribution < -0.4 is 14.4 Å². The Bertz CT molecular complexity index is 1510. The lowest BCUT2D eigenvalue weighted by Gasteiger charge is -2.33. The highest BCUT2D eigenvalue weighted by molar-refractivity contribution is 7.98. The maximum Gasteiger partial charge on any atom is 0.264 e. The normalized spacial score (nSPS) is 14.5. The van der Waals surface area contributed by atoms with E-state index >= 15 is 0 Å². The number of para-hydroxylation sites is 2. The van der Waals surface area contributed by atoms with E-state index in [1.165, 1.54) is 28.8 Å². The summed E-state index contributed by atoms with van der Waals surface area (Å²) in [5.41, 5.74) is 0.999. The van der Waals surface area contributed by atoms with Gasteiger partial charge < -0.3 is 15.0 Å². The van der Waals surface area contributed by atoms with Gasteiger partial charge in [0.15, 0.2) is 0 Å². The fourth-order valence-electron chi connectivity index (χ4n) is 5.27. The lowest BCUT2D eigenvalue weighted by molar-refractivity contribution is -0.139. The van der Waals surface area contributed by atoms with Crippen LogP contribution in [0.2, 0.25) is 5.02 Å². The Morgan fingerprint density at radius 3 is 2.30 bits per heavy atom. The number of nitrogens with zero attached hydrogens (tertiary/aromatic N) is 2. The lowest BCUT2D eigenvalue weighted by atomic mass is 9.95. The topological polar surface area (TPSA) is 96.0 Å². The van der Waals surface area contributed by atoms with Crippen LogP contribution in [-0.4, -0.2) is 56.6 Å². The van der Waals surface area contributed by atoms with Gasteiger partial charge in [0, 0.05) is 22.5 Å². The molecule has 3 aromatic carbocycles. The van der Waals surface area contributed by atoms with Crippen LogP contribution in [-0.2, 0) is 26.2 Å². The van der Waals surface area contributed by atoms with Gasteiger partial charge in [0.1, 0.15) is 18.3 Å². The molecule has 0 bridgehead atoms. The number of ether oxygens (including phenoxy) is 1. The Morgan fingerprint density at radius 2 is 1.66 bits per heavy atom. The van der Waals surface area contributed by atoms with Crippen LogP contribution in [0.15, 0.2) is 82.6 Å². The second-order valence-corrected chi connectivity index (χ2v) is 13.9. The molecule has 44 heavy (non-hydrogen) atoms. The molecule has 1 unspecified atom stereocenters. The molecule has 11 heteroatoms. The summed E-state index contributed by atoms with van der Waals surface area (Å²) in [6.07, 6.45) is 6.97. The molecule has 0 aliphatic heterocycles. The summed E-state index contributed by atoms with van der Waals surface area (Å²) in [4.78, 5) is 30.1. The third-order valence-corrected chi connectivity index (χ3v) is 10.5. The van der Waals surface area contributed by atoms with Crippen LogP contribution >= 0.6 is 23.4 Å². The molecule has 1 aliphatic carbocycles. The lowest BCUT2D eigenvalue weighted by Crippen LogP contribution is -2.53. The molecule has 1 saturated carbocycles. The number of thioether (sulfide) groups is 1. The summed E-state index contributed by atoms with van der Waals surface area (Å²) < 4.78 is 35.3. The molecule has 1 N–H and O–H groups in total. The fraction of sp³-hybridized carbons (Fsp3) is 0.394. The van der Waals surface area contributed by atoms with Crippen molar-refractivity contribution in [2.24, 2.45) is 0 Å². The molecule has 0 spiro atoms. The third-order valence-electron chi connectivity index (χ3n) is 7.75. The Labute approximate surface area is 270 Å². The fourth-order valence-corrected chi connectivity index (χ4v) is 7.23. The molecule has 0 radical (unpaired) electrons. The van der Waals surface area contributed by atoms with Crippen LogP contribution in [0.5, 0.6) is 5.75 Å². The minimum Gasteiger partial charge on any atom is -0.492 e. The summed E-state index contributed by atoms with van der Waals surface area (Å²) in [5, 5.41) is 3.67. The first-order valence-electron chi connectivity index (χ1n) is 14.9. The average molecular weight is 658 g/mol. The first-order chi connectivity index (χ1) is 21.1. The van der Waals surface area contributed by atoms with E-state index in [0.29, 0.717) is 17.4 Å². The van der Waals surface area contributed by atoms with Gasteiger partial charge >= 0.3 is 0 Å². The molecule has 3 aromatic rings. The predicted octanol–water partition coefficient (Wildman–Crippen LogP) is 6.52. The number of amides is 2. The second-order valence-electron chi connectivity index (χ2n) is 10.8. The van der Waals surface area contributed by atoms with Crippen molar-refractivity contribution >= 4 is 50.9 Å². The van der Waals surface area contributed by atoms with E-state index in [9.17, 15) is 18.0 Å². The van der Waals surface area contributed by atoms with Crippen molar-refractivity contribution in [3.63, 3.8) is 0 Å². The van der Waals surface area contributed by atoms with Crippen molar-refractivity contribution in [3.8, 4) is 5.75 Å². The van der Waals surface area contributed by atoms with Crippen molar-refractivity contribution in [2.45, 2.75) is 74.4 Å². The SMILES string of the molecule is CCOc1ccccc1N(CC(=O)N(Cc1ccc(Cl)cc1)C(C)C(=O)NC1CCCCC1)S(=O)(=O)c1ccc(SC)cc1. The smallest absolute Gasteiger partial charge is 0.264 e. The zero-order chi connectivity index (χ0) is 31.7. The monoisotopic (exact) mass is 657 g/mol. The number of nitrogens with one attached hydrogen (secondary N) is 1. The van der Waals surface area contributed by atoms with Crippen molar-refractivity contribution in [2.75, 3.05) is 23.7 Å². The summed E-state index contributed by atoms with van der Waals surface area (Å²) >= 11 is 7.61. The van der Waals surface area contributed by atoms with E-state index in [2.05, 4.69) is 5.32 Å². The predicted molar refractivity (Wildman–Crippen MR) is 177 cm³/mol. The van der Waals surface area contributed by atoms with Crippen LogP contribution in [0.4, 0.5) is 5.69 Å². The number of sulfonamides is 1. The molecule has 8 nitrogen and oxygen atoms in total. The Hall–Kier alpha value is -3.21. The molecule has 0 aromatic heterocycles. The minimum absolute atomic E-state index is 0.0433. The molecule has 0 saturated heterocycles. The first-order valence-corrected chi connectivity index (χ1v) is 17.9. The van der Waals surface area contributed by atoms with Crippen molar-refractivity contribution < 1.29 is 22.7 Å². The number of carbonyl (C=O) groups excluding carboxylic acids is 2. The van der Waals surface area contributed by atoms with Gasteiger partial charge in [0.2, 0.25) is 11.8 Å². The number of hydrogen-bond acceptors (Lipinski definition) is 6. The van der Waals surface area contributed by atoms with Gasteiger partial charge in [-0.15, -0.1) is 11.8 Å².